The summed E-state index contributed by atoms with van der Waals surface area (Å²) in [5.74, 6) is 0. The van der Waals surface area contributed by atoms with E-state index < -0.39 is 0 Å². The average Bonchev–Trinajstić information content (AvgIpc) is 1.41. The predicted octanol–water partition coefficient (Wildman–Crippen LogP) is 3.88. The van der Waals surface area contributed by atoms with E-state index in [-0.39, 0.29) is 22.3 Å². The van der Waals surface area contributed by atoms with Gasteiger partial charge in [-0.1, -0.05) is 41.4 Å². The zero-order valence-corrected chi connectivity index (χ0v) is 3.86. The van der Waals surface area contributed by atoms with Crippen LogP contribution in [-0.2, 0) is 0 Å². The first kappa shape index (κ1) is 25.1. The normalized spacial score (nSPS) is 6.25. The molecule has 0 saturated heterocycles. The molecule has 54 valence electrons. The van der Waals surface area contributed by atoms with Crippen LogP contribution in [0.5, 0.6) is 0 Å². The van der Waals surface area contributed by atoms with Gasteiger partial charge in [0, 0.05) is 0 Å². The van der Waals surface area contributed by atoms with Gasteiger partial charge in [0.15, 0.2) is 0 Å². The van der Waals surface area contributed by atoms with E-state index in [2.05, 4.69) is 19.1 Å². The molecule has 0 amide bonds. The fraction of sp³-hybridized carbons (Fsp3) is 0.750. The van der Waals surface area contributed by atoms with Crippen molar-refractivity contribution in [2.24, 2.45) is 0 Å². The maximum atomic E-state index is 2.12. The van der Waals surface area contributed by atoms with Crippen LogP contribution in [0.2, 0.25) is 0 Å². The topological polar surface area (TPSA) is 0 Å². The van der Waals surface area contributed by atoms with Crippen molar-refractivity contribution in [2.75, 3.05) is 0 Å². The van der Waals surface area contributed by atoms with Gasteiger partial charge in [-0.05, 0) is 13.3 Å². The molecule has 0 unspecified atom stereocenters. The molecule has 0 aliphatic carbocycles. The lowest BCUT2D eigenvalue weighted by Gasteiger charge is -1.65. The molecule has 0 aromatic rings. The van der Waals surface area contributed by atoms with Gasteiger partial charge in [-0.2, -0.15) is 0 Å². The summed E-state index contributed by atoms with van der Waals surface area (Å²) >= 11 is 0. The minimum Gasteiger partial charge on any atom is -0.0917 e. The van der Waals surface area contributed by atoms with Crippen LogP contribution in [0.25, 0.3) is 0 Å². The van der Waals surface area contributed by atoms with Gasteiger partial charge in [-0.15, -0.1) is 0 Å². The van der Waals surface area contributed by atoms with Crippen LogP contribution >= 0.6 is 0 Å². The Morgan fingerprint density at radius 3 is 1.50 bits per heavy atom. The summed E-state index contributed by atoms with van der Waals surface area (Å²) in [4.78, 5) is 0. The van der Waals surface area contributed by atoms with E-state index in [9.17, 15) is 0 Å². The number of hydrogen-bond donors (Lipinski definition) is 0. The maximum Gasteiger partial charge on any atom is -0.0379 e. The minimum absolute atomic E-state index is 0. The third-order valence-corrected chi connectivity index (χ3v) is 0.471. The van der Waals surface area contributed by atoms with Crippen LogP contribution in [0, 0.1) is 0 Å². The molecule has 0 radical (unpaired) electrons. The summed E-state index contributed by atoms with van der Waals surface area (Å²) in [6, 6.07) is 0. The Labute approximate surface area is 55.6 Å². The first-order valence-electron chi connectivity index (χ1n) is 2.03. The minimum atomic E-state index is 0. The van der Waals surface area contributed by atoms with Crippen molar-refractivity contribution < 1.29 is 0 Å². The molecule has 0 heteroatoms. The molecule has 0 aliphatic rings. The molecule has 0 N–H and O–H groups in total. The number of rotatable bonds is 1. The Balaban J connectivity index is -0.0000000267. The Morgan fingerprint density at radius 2 is 1.50 bits per heavy atom. The molecule has 0 rings (SSSR count). The molecule has 0 spiro atoms. The summed E-state index contributed by atoms with van der Waals surface area (Å²) in [5.41, 5.74) is 0. The molecule has 0 atom stereocenters. The molecular weight excluding hydrogens is 96.1 g/mol. The van der Waals surface area contributed by atoms with Crippen molar-refractivity contribution in [1.82, 2.24) is 0 Å². The van der Waals surface area contributed by atoms with Crippen molar-refractivity contribution in [1.29, 1.82) is 0 Å². The molecule has 0 aromatic carbocycles. The molecule has 0 bridgehead atoms. The van der Waals surface area contributed by atoms with Gasteiger partial charge in [-0.25, -0.2) is 0 Å². The number of allylic oxidation sites excluding steroid dienone is 2. The van der Waals surface area contributed by atoms with Crippen LogP contribution < -0.4 is 0 Å². The first-order valence-corrected chi connectivity index (χ1v) is 2.03. The molecule has 0 nitrogen and oxygen atoms in total. The first-order chi connectivity index (χ1) is 2.41. The molecule has 0 saturated carbocycles. The molecule has 0 aromatic heterocycles. The molecular formula is C8H22. The van der Waals surface area contributed by atoms with Gasteiger partial charge in [0.1, 0.15) is 0 Å². The van der Waals surface area contributed by atoms with E-state index >= 15 is 0 Å². The van der Waals surface area contributed by atoms with E-state index in [0.29, 0.717) is 0 Å². The summed E-state index contributed by atoms with van der Waals surface area (Å²) in [5, 5.41) is 0. The van der Waals surface area contributed by atoms with Gasteiger partial charge >= 0.3 is 0 Å². The fourth-order valence-corrected chi connectivity index (χ4v) is 0.236. The average molecular weight is 118 g/mol. The smallest absolute Gasteiger partial charge is 0.0379 e. The summed E-state index contributed by atoms with van der Waals surface area (Å²) in [7, 11) is 0. The fourth-order valence-electron chi connectivity index (χ4n) is 0.236. The summed E-state index contributed by atoms with van der Waals surface area (Å²) < 4.78 is 0. The lowest BCUT2D eigenvalue weighted by molar-refractivity contribution is 1.22. The SMILES string of the molecule is C.C.C.CC=CCC. The van der Waals surface area contributed by atoms with Crippen LogP contribution in [-0.4, -0.2) is 0 Å². The van der Waals surface area contributed by atoms with Crippen LogP contribution in [0.15, 0.2) is 12.2 Å². The second-order valence-electron chi connectivity index (χ2n) is 0.977. The van der Waals surface area contributed by atoms with Crippen LogP contribution in [0.1, 0.15) is 42.5 Å². The van der Waals surface area contributed by atoms with E-state index in [1.54, 1.807) is 0 Å². The van der Waals surface area contributed by atoms with Gasteiger partial charge in [0.25, 0.3) is 0 Å². The monoisotopic (exact) mass is 118 g/mol. The van der Waals surface area contributed by atoms with Gasteiger partial charge < -0.3 is 0 Å². The third kappa shape index (κ3) is 42.6. The van der Waals surface area contributed by atoms with E-state index in [4.69, 9.17) is 0 Å². The summed E-state index contributed by atoms with van der Waals surface area (Å²) in [6.07, 6.45) is 5.34. The van der Waals surface area contributed by atoms with Crippen molar-refractivity contribution in [3.63, 3.8) is 0 Å². The highest BCUT2D eigenvalue weighted by Gasteiger charge is 1.52. The van der Waals surface area contributed by atoms with Gasteiger partial charge in [0.2, 0.25) is 0 Å². The highest BCUT2D eigenvalue weighted by molar-refractivity contribution is 4.73. The van der Waals surface area contributed by atoms with E-state index in [0.717, 1.165) is 6.42 Å². The maximum absolute atomic E-state index is 2.12. The lowest BCUT2D eigenvalue weighted by atomic mass is 10.4. The van der Waals surface area contributed by atoms with Crippen molar-refractivity contribution >= 4 is 0 Å². The second-order valence-corrected chi connectivity index (χ2v) is 0.977. The second kappa shape index (κ2) is 29.6. The lowest BCUT2D eigenvalue weighted by Crippen LogP contribution is -1.43. The largest absolute Gasteiger partial charge is 0.0917 e. The third-order valence-electron chi connectivity index (χ3n) is 0.471. The predicted molar refractivity (Wildman–Crippen MR) is 45.3 cm³/mol. The highest BCUT2D eigenvalue weighted by atomic mass is 13.6. The van der Waals surface area contributed by atoms with Crippen molar-refractivity contribution in [3.8, 4) is 0 Å². The molecule has 8 heavy (non-hydrogen) atoms. The Kier molecular flexibility index (Phi) is 92.9. The summed E-state index contributed by atoms with van der Waals surface area (Å²) in [6.45, 7) is 4.16. The number of hydrogen-bond acceptors (Lipinski definition) is 0. The molecule has 0 heterocycles. The Morgan fingerprint density at radius 1 is 1.12 bits per heavy atom. The zero-order chi connectivity index (χ0) is 4.12. The molecule has 0 fully saturated rings. The van der Waals surface area contributed by atoms with Crippen molar-refractivity contribution in [3.05, 3.63) is 12.2 Å². The zero-order valence-electron chi connectivity index (χ0n) is 3.86. The van der Waals surface area contributed by atoms with E-state index in [1.165, 1.54) is 0 Å². The standard InChI is InChI=1S/C5H10.3CH4/c1-3-5-4-2;;;/h3,5H,4H2,1-2H3;3*1H4. The van der Waals surface area contributed by atoms with Gasteiger partial charge in [0.05, 0.1) is 0 Å². The quantitative estimate of drug-likeness (QED) is 0.458. The highest BCUT2D eigenvalue weighted by Crippen LogP contribution is 1.73. The molecule has 0 aliphatic heterocycles. The van der Waals surface area contributed by atoms with Crippen LogP contribution in [0.3, 0.4) is 0 Å². The Hall–Kier alpha value is -0.260. The van der Waals surface area contributed by atoms with Crippen molar-refractivity contribution in [2.45, 2.75) is 42.5 Å². The van der Waals surface area contributed by atoms with Gasteiger partial charge in [-0.3, -0.25) is 0 Å². The Bertz CT molecular complexity index is 27.0. The van der Waals surface area contributed by atoms with E-state index in [1.807, 2.05) is 6.92 Å². The van der Waals surface area contributed by atoms with Crippen LogP contribution in [0.4, 0.5) is 0 Å².